The highest BCUT2D eigenvalue weighted by molar-refractivity contribution is 5.80. The second-order valence-electron chi connectivity index (χ2n) is 6.84. The van der Waals surface area contributed by atoms with Crippen LogP contribution in [0.2, 0.25) is 0 Å². The number of ether oxygens (including phenoxy) is 1. The molecule has 0 radical (unpaired) electrons. The fourth-order valence-electron chi connectivity index (χ4n) is 2.96. The average molecular weight is 434 g/mol. The number of unbranched alkanes of at least 4 members (excludes halogenated alkanes) is 1. The van der Waals surface area contributed by atoms with E-state index < -0.39 is 23.3 Å². The molecule has 0 saturated heterocycles. The number of carbonyl (C=O) groups excluding carboxylic acids is 1. The van der Waals surface area contributed by atoms with Crippen molar-refractivity contribution in [3.8, 4) is 5.69 Å². The van der Waals surface area contributed by atoms with Gasteiger partial charge in [0.2, 0.25) is 0 Å². The van der Waals surface area contributed by atoms with Crippen LogP contribution in [0.25, 0.3) is 16.7 Å². The van der Waals surface area contributed by atoms with Crippen LogP contribution in [0.3, 0.4) is 0 Å². The van der Waals surface area contributed by atoms with E-state index in [-0.39, 0.29) is 30.0 Å². The molecule has 0 bridgehead atoms. The third-order valence-electron chi connectivity index (χ3n) is 4.56. The van der Waals surface area contributed by atoms with Crippen molar-refractivity contribution in [1.82, 2.24) is 14.5 Å². The Morgan fingerprint density at radius 1 is 1.26 bits per heavy atom. The summed E-state index contributed by atoms with van der Waals surface area (Å²) in [7, 11) is 0. The molecule has 1 N–H and O–H groups in total. The highest BCUT2D eigenvalue weighted by Gasteiger charge is 2.31. The second kappa shape index (κ2) is 9.15. The van der Waals surface area contributed by atoms with E-state index in [4.69, 9.17) is 4.74 Å². The molecule has 10 heteroatoms. The van der Waals surface area contributed by atoms with E-state index in [2.05, 4.69) is 15.3 Å². The van der Waals surface area contributed by atoms with Crippen molar-refractivity contribution in [2.75, 3.05) is 18.5 Å². The van der Waals surface area contributed by atoms with Crippen LogP contribution in [0.15, 0.2) is 41.3 Å². The second-order valence-corrected chi connectivity index (χ2v) is 6.84. The molecule has 2 aromatic heterocycles. The molecule has 0 amide bonds. The van der Waals surface area contributed by atoms with Crippen molar-refractivity contribution in [3.05, 3.63) is 58.1 Å². The Kier molecular flexibility index (Phi) is 6.57. The molecule has 3 aromatic rings. The molecule has 0 aliphatic heterocycles. The van der Waals surface area contributed by atoms with Gasteiger partial charge >= 0.3 is 12.1 Å². The van der Waals surface area contributed by atoms with Crippen molar-refractivity contribution >= 4 is 22.8 Å². The van der Waals surface area contributed by atoms with E-state index in [1.807, 2.05) is 6.92 Å². The van der Waals surface area contributed by atoms with E-state index in [9.17, 15) is 22.8 Å². The Bertz CT molecular complexity index is 1160. The van der Waals surface area contributed by atoms with Crippen molar-refractivity contribution in [1.29, 1.82) is 0 Å². The van der Waals surface area contributed by atoms with Crippen LogP contribution in [0, 0.1) is 6.92 Å². The minimum absolute atomic E-state index is 0.0213. The first-order valence-corrected chi connectivity index (χ1v) is 9.68. The lowest BCUT2D eigenvalue weighted by molar-refractivity contribution is -0.141. The predicted molar refractivity (Wildman–Crippen MR) is 109 cm³/mol. The summed E-state index contributed by atoms with van der Waals surface area (Å²) in [6, 6.07) is 6.10. The zero-order valence-corrected chi connectivity index (χ0v) is 17.0. The number of fused-ring (bicyclic) bond motifs is 1. The van der Waals surface area contributed by atoms with Gasteiger partial charge < -0.3 is 10.1 Å². The summed E-state index contributed by atoms with van der Waals surface area (Å²) in [5.74, 6) is -0.741. The quantitative estimate of drug-likeness (QED) is 0.449. The SMILES string of the molecule is CCCCOC(=O)CNc1nc2ccc(C(F)(F)F)cc2n(-c2cccnc2C)c1=O. The molecule has 0 atom stereocenters. The standard InChI is InChI=1S/C21H21F3N4O3/c1-3-4-10-31-18(29)12-26-19-20(30)28(16-6-5-9-25-13(16)2)17-11-14(21(22,23)24)7-8-15(17)27-19/h5-9,11H,3-4,10,12H2,1-2H3,(H,26,27). The molecule has 3 rings (SSSR count). The number of pyridine rings is 1. The maximum absolute atomic E-state index is 13.3. The molecule has 2 heterocycles. The summed E-state index contributed by atoms with van der Waals surface area (Å²) in [6.45, 7) is 3.56. The number of aromatic nitrogens is 3. The van der Waals surface area contributed by atoms with Crippen LogP contribution in [0.1, 0.15) is 31.0 Å². The average Bonchev–Trinajstić information content (AvgIpc) is 2.72. The smallest absolute Gasteiger partial charge is 0.416 e. The van der Waals surface area contributed by atoms with Crippen molar-refractivity contribution in [2.45, 2.75) is 32.9 Å². The zero-order chi connectivity index (χ0) is 22.6. The molecular formula is C21H21F3N4O3. The Morgan fingerprint density at radius 3 is 2.71 bits per heavy atom. The molecule has 164 valence electrons. The number of nitrogens with one attached hydrogen (secondary N) is 1. The Morgan fingerprint density at radius 2 is 2.03 bits per heavy atom. The van der Waals surface area contributed by atoms with Crippen LogP contribution >= 0.6 is 0 Å². The van der Waals surface area contributed by atoms with Crippen molar-refractivity contribution in [2.24, 2.45) is 0 Å². The van der Waals surface area contributed by atoms with E-state index in [1.165, 1.54) is 12.3 Å². The first-order chi connectivity index (χ1) is 14.7. The number of alkyl halides is 3. The highest BCUT2D eigenvalue weighted by Crippen LogP contribution is 2.31. The lowest BCUT2D eigenvalue weighted by Gasteiger charge is -2.16. The monoisotopic (exact) mass is 434 g/mol. The maximum Gasteiger partial charge on any atom is 0.416 e. The van der Waals surface area contributed by atoms with Crippen LogP contribution < -0.4 is 10.9 Å². The van der Waals surface area contributed by atoms with Crippen LogP contribution in [-0.4, -0.2) is 33.7 Å². The van der Waals surface area contributed by atoms with Gasteiger partial charge in [-0.05, 0) is 43.7 Å². The topological polar surface area (TPSA) is 86.1 Å². The molecular weight excluding hydrogens is 413 g/mol. The van der Waals surface area contributed by atoms with Crippen LogP contribution in [-0.2, 0) is 15.7 Å². The third-order valence-corrected chi connectivity index (χ3v) is 4.56. The first-order valence-electron chi connectivity index (χ1n) is 9.68. The number of esters is 1. The zero-order valence-electron chi connectivity index (χ0n) is 17.0. The number of hydrogen-bond acceptors (Lipinski definition) is 6. The molecule has 0 spiro atoms. The van der Waals surface area contributed by atoms with Gasteiger partial charge in [0, 0.05) is 6.20 Å². The Hall–Kier alpha value is -3.43. The molecule has 0 saturated carbocycles. The minimum Gasteiger partial charge on any atom is -0.464 e. The van der Waals surface area contributed by atoms with Crippen LogP contribution in [0.4, 0.5) is 19.0 Å². The third kappa shape index (κ3) is 5.01. The van der Waals surface area contributed by atoms with Gasteiger partial charge in [-0.1, -0.05) is 13.3 Å². The molecule has 0 aliphatic carbocycles. The number of hydrogen-bond donors (Lipinski definition) is 1. The highest BCUT2D eigenvalue weighted by atomic mass is 19.4. The molecule has 0 unspecified atom stereocenters. The summed E-state index contributed by atoms with van der Waals surface area (Å²) in [5, 5.41) is 2.64. The first kappa shape index (κ1) is 22.3. The summed E-state index contributed by atoms with van der Waals surface area (Å²) in [5.41, 5.74) is -0.724. The number of benzene rings is 1. The summed E-state index contributed by atoms with van der Waals surface area (Å²) < 4.78 is 45.9. The maximum atomic E-state index is 13.3. The number of nitrogens with zero attached hydrogens (tertiary/aromatic N) is 3. The number of halogens is 3. The number of aryl methyl sites for hydroxylation is 1. The normalized spacial score (nSPS) is 11.5. The summed E-state index contributed by atoms with van der Waals surface area (Å²) in [4.78, 5) is 33.3. The van der Waals surface area contributed by atoms with Gasteiger partial charge in [-0.2, -0.15) is 13.2 Å². The molecule has 7 nitrogen and oxygen atoms in total. The summed E-state index contributed by atoms with van der Waals surface area (Å²) >= 11 is 0. The fourth-order valence-corrected chi connectivity index (χ4v) is 2.96. The Labute approximate surface area is 175 Å². The van der Waals surface area contributed by atoms with Gasteiger partial charge in [-0.15, -0.1) is 0 Å². The van der Waals surface area contributed by atoms with E-state index >= 15 is 0 Å². The van der Waals surface area contributed by atoms with Crippen molar-refractivity contribution < 1.29 is 22.7 Å². The fraction of sp³-hybridized carbons (Fsp3) is 0.333. The van der Waals surface area contributed by atoms with Crippen molar-refractivity contribution in [3.63, 3.8) is 0 Å². The van der Waals surface area contributed by atoms with Gasteiger partial charge in [0.1, 0.15) is 6.54 Å². The van der Waals surface area contributed by atoms with E-state index in [0.717, 1.165) is 23.1 Å². The lowest BCUT2D eigenvalue weighted by atomic mass is 10.1. The van der Waals surface area contributed by atoms with Gasteiger partial charge in [0.15, 0.2) is 5.82 Å². The molecule has 0 fully saturated rings. The lowest BCUT2D eigenvalue weighted by Crippen LogP contribution is -2.28. The van der Waals surface area contributed by atoms with Gasteiger partial charge in [-0.3, -0.25) is 19.1 Å². The number of anilines is 1. The molecule has 0 aliphatic rings. The van der Waals surface area contributed by atoms with E-state index in [0.29, 0.717) is 17.8 Å². The minimum atomic E-state index is -4.59. The van der Waals surface area contributed by atoms with Gasteiger partial charge in [0.05, 0.1) is 34.6 Å². The molecule has 1 aromatic carbocycles. The summed E-state index contributed by atoms with van der Waals surface area (Å²) in [6.07, 6.45) is -1.49. The van der Waals surface area contributed by atoms with E-state index in [1.54, 1.807) is 19.1 Å². The van der Waals surface area contributed by atoms with Gasteiger partial charge in [0.25, 0.3) is 5.56 Å². The van der Waals surface area contributed by atoms with Crippen LogP contribution in [0.5, 0.6) is 0 Å². The molecule has 31 heavy (non-hydrogen) atoms. The largest absolute Gasteiger partial charge is 0.464 e. The number of carbonyl (C=O) groups is 1. The predicted octanol–water partition coefficient (Wildman–Crippen LogP) is 3.86. The Balaban J connectivity index is 2.10. The number of rotatable bonds is 7. The van der Waals surface area contributed by atoms with Gasteiger partial charge in [-0.25, -0.2) is 4.98 Å².